The van der Waals surface area contributed by atoms with Crippen molar-refractivity contribution in [1.29, 1.82) is 0 Å². The Bertz CT molecular complexity index is 309. The van der Waals surface area contributed by atoms with Gasteiger partial charge in [-0.1, -0.05) is 36.4 Å². The van der Waals surface area contributed by atoms with Gasteiger partial charge in [0.2, 0.25) is 0 Å². The average molecular weight is 157 g/mol. The van der Waals surface area contributed by atoms with Crippen molar-refractivity contribution >= 4 is 11.9 Å². The fraction of sp³-hybridized carbons (Fsp3) is 0.182. The van der Waals surface area contributed by atoms with Gasteiger partial charge >= 0.3 is 0 Å². The van der Waals surface area contributed by atoms with Crippen LogP contribution in [-0.4, -0.2) is 6.21 Å². The number of benzene rings is 1. The Balaban J connectivity index is 2.31. The van der Waals surface area contributed by atoms with Gasteiger partial charge in [-0.3, -0.25) is 4.99 Å². The van der Waals surface area contributed by atoms with Crippen LogP contribution in [0.4, 0.5) is 0 Å². The lowest BCUT2D eigenvalue weighted by Gasteiger charge is -2.05. The molecule has 0 aliphatic carbocycles. The van der Waals surface area contributed by atoms with Crippen molar-refractivity contribution in [2.24, 2.45) is 4.99 Å². The molecule has 0 radical (unpaired) electrons. The lowest BCUT2D eigenvalue weighted by Crippen LogP contribution is -1.87. The molecule has 2 rings (SSSR count). The van der Waals surface area contributed by atoms with E-state index >= 15 is 0 Å². The predicted molar refractivity (Wildman–Crippen MR) is 52.1 cm³/mol. The molecule has 12 heavy (non-hydrogen) atoms. The third-order valence-electron chi connectivity index (χ3n) is 1.93. The average Bonchev–Trinajstić information content (AvgIpc) is 2.21. The number of aliphatic imine (C=N–C) groups is 1. The van der Waals surface area contributed by atoms with Gasteiger partial charge in [-0.15, -0.1) is 0 Å². The first kappa shape index (κ1) is 7.29. The SMILES string of the molecule is C1=NC(c2ccccc2)=CCC1. The first-order valence-electron chi connectivity index (χ1n) is 4.25. The van der Waals surface area contributed by atoms with Gasteiger partial charge in [-0.2, -0.15) is 0 Å². The van der Waals surface area contributed by atoms with Crippen molar-refractivity contribution in [2.45, 2.75) is 12.8 Å². The summed E-state index contributed by atoms with van der Waals surface area (Å²) in [4.78, 5) is 4.34. The molecule has 0 N–H and O–H groups in total. The summed E-state index contributed by atoms with van der Waals surface area (Å²) in [5.41, 5.74) is 2.33. The fourth-order valence-electron chi connectivity index (χ4n) is 1.31. The standard InChI is InChI=1S/C11H11N/c1-2-6-10(7-3-1)11-8-4-5-9-12-11/h1-3,6-9H,4-5H2. The van der Waals surface area contributed by atoms with E-state index in [1.165, 1.54) is 5.56 Å². The van der Waals surface area contributed by atoms with E-state index in [0.29, 0.717) is 0 Å². The number of allylic oxidation sites excluding steroid dienone is 1. The Morgan fingerprint density at radius 3 is 2.50 bits per heavy atom. The van der Waals surface area contributed by atoms with Crippen LogP contribution in [0.25, 0.3) is 5.70 Å². The minimum absolute atomic E-state index is 1.08. The van der Waals surface area contributed by atoms with Gasteiger partial charge in [0.05, 0.1) is 5.70 Å². The van der Waals surface area contributed by atoms with Crippen molar-refractivity contribution in [1.82, 2.24) is 0 Å². The second-order valence-corrected chi connectivity index (χ2v) is 2.84. The molecular formula is C11H11N. The molecule has 0 saturated heterocycles. The normalized spacial score (nSPS) is 15.8. The summed E-state index contributed by atoms with van der Waals surface area (Å²) in [6.07, 6.45) is 6.38. The summed E-state index contributed by atoms with van der Waals surface area (Å²) in [5.74, 6) is 0. The van der Waals surface area contributed by atoms with E-state index in [4.69, 9.17) is 0 Å². The Hall–Kier alpha value is -1.37. The predicted octanol–water partition coefficient (Wildman–Crippen LogP) is 2.89. The van der Waals surface area contributed by atoms with Gasteiger partial charge in [-0.05, 0) is 18.4 Å². The molecule has 0 fully saturated rings. The van der Waals surface area contributed by atoms with Gasteiger partial charge in [0.1, 0.15) is 0 Å². The zero-order valence-electron chi connectivity index (χ0n) is 6.90. The topological polar surface area (TPSA) is 12.4 Å². The smallest absolute Gasteiger partial charge is 0.0658 e. The molecule has 0 amide bonds. The van der Waals surface area contributed by atoms with Gasteiger partial charge in [0.25, 0.3) is 0 Å². The van der Waals surface area contributed by atoms with Crippen molar-refractivity contribution in [3.63, 3.8) is 0 Å². The third kappa shape index (κ3) is 1.45. The maximum atomic E-state index is 4.34. The largest absolute Gasteiger partial charge is 0.261 e. The molecule has 1 aliphatic rings. The highest BCUT2D eigenvalue weighted by Crippen LogP contribution is 2.18. The summed E-state index contributed by atoms with van der Waals surface area (Å²) in [5, 5.41) is 0. The molecule has 1 aromatic carbocycles. The van der Waals surface area contributed by atoms with Crippen molar-refractivity contribution in [3.05, 3.63) is 42.0 Å². The van der Waals surface area contributed by atoms with Gasteiger partial charge < -0.3 is 0 Å². The minimum Gasteiger partial charge on any atom is -0.261 e. The second kappa shape index (κ2) is 3.35. The third-order valence-corrected chi connectivity index (χ3v) is 1.93. The van der Waals surface area contributed by atoms with Crippen LogP contribution in [0.3, 0.4) is 0 Å². The molecule has 1 nitrogen and oxygen atoms in total. The molecule has 0 saturated carbocycles. The van der Waals surface area contributed by atoms with E-state index in [-0.39, 0.29) is 0 Å². The Labute approximate surface area is 72.5 Å². The van der Waals surface area contributed by atoms with Crippen LogP contribution in [0.1, 0.15) is 18.4 Å². The zero-order valence-corrected chi connectivity index (χ0v) is 6.90. The van der Waals surface area contributed by atoms with E-state index in [2.05, 4.69) is 23.2 Å². The molecule has 1 aliphatic heterocycles. The molecule has 0 aromatic heterocycles. The number of hydrogen-bond donors (Lipinski definition) is 0. The first-order valence-corrected chi connectivity index (χ1v) is 4.25. The van der Waals surface area contributed by atoms with Gasteiger partial charge in [0.15, 0.2) is 0 Å². The second-order valence-electron chi connectivity index (χ2n) is 2.84. The Kier molecular flexibility index (Phi) is 2.04. The summed E-state index contributed by atoms with van der Waals surface area (Å²) < 4.78 is 0. The molecule has 0 bridgehead atoms. The van der Waals surface area contributed by atoms with Crippen molar-refractivity contribution in [2.75, 3.05) is 0 Å². The molecule has 60 valence electrons. The highest BCUT2D eigenvalue weighted by molar-refractivity contribution is 5.76. The monoisotopic (exact) mass is 157 g/mol. The van der Waals surface area contributed by atoms with Gasteiger partial charge in [0, 0.05) is 6.21 Å². The molecule has 1 heterocycles. The Morgan fingerprint density at radius 1 is 1.00 bits per heavy atom. The number of nitrogens with zero attached hydrogens (tertiary/aromatic N) is 1. The fourth-order valence-corrected chi connectivity index (χ4v) is 1.31. The van der Waals surface area contributed by atoms with Crippen LogP contribution in [0, 0.1) is 0 Å². The Morgan fingerprint density at radius 2 is 1.83 bits per heavy atom. The zero-order chi connectivity index (χ0) is 8.23. The van der Waals surface area contributed by atoms with Crippen molar-refractivity contribution in [3.8, 4) is 0 Å². The minimum atomic E-state index is 1.08. The molecule has 1 heteroatoms. The molecule has 1 aromatic rings. The van der Waals surface area contributed by atoms with E-state index in [1.807, 2.05) is 24.4 Å². The molecule has 0 atom stereocenters. The molecule has 0 unspecified atom stereocenters. The van der Waals surface area contributed by atoms with Crippen LogP contribution < -0.4 is 0 Å². The summed E-state index contributed by atoms with van der Waals surface area (Å²) in [6, 6.07) is 10.3. The number of rotatable bonds is 1. The van der Waals surface area contributed by atoms with Crippen LogP contribution in [0.15, 0.2) is 41.4 Å². The highest BCUT2D eigenvalue weighted by atomic mass is 14.7. The molecule has 0 spiro atoms. The van der Waals surface area contributed by atoms with Crippen molar-refractivity contribution < 1.29 is 0 Å². The maximum Gasteiger partial charge on any atom is 0.0658 e. The highest BCUT2D eigenvalue weighted by Gasteiger charge is 1.99. The summed E-state index contributed by atoms with van der Waals surface area (Å²) >= 11 is 0. The number of hydrogen-bond acceptors (Lipinski definition) is 1. The van der Waals surface area contributed by atoms with E-state index in [9.17, 15) is 0 Å². The summed E-state index contributed by atoms with van der Waals surface area (Å²) in [7, 11) is 0. The summed E-state index contributed by atoms with van der Waals surface area (Å²) in [6.45, 7) is 0. The molecular weight excluding hydrogens is 146 g/mol. The van der Waals surface area contributed by atoms with Crippen LogP contribution in [0.2, 0.25) is 0 Å². The van der Waals surface area contributed by atoms with E-state index in [1.54, 1.807) is 0 Å². The first-order chi connectivity index (χ1) is 5.97. The lowest BCUT2D eigenvalue weighted by atomic mass is 10.1. The van der Waals surface area contributed by atoms with Crippen LogP contribution in [0.5, 0.6) is 0 Å². The van der Waals surface area contributed by atoms with Crippen LogP contribution >= 0.6 is 0 Å². The van der Waals surface area contributed by atoms with E-state index in [0.717, 1.165) is 18.5 Å². The van der Waals surface area contributed by atoms with Crippen LogP contribution in [-0.2, 0) is 0 Å². The van der Waals surface area contributed by atoms with E-state index < -0.39 is 0 Å². The van der Waals surface area contributed by atoms with Gasteiger partial charge in [-0.25, -0.2) is 0 Å². The quantitative estimate of drug-likeness (QED) is 0.594. The lowest BCUT2D eigenvalue weighted by molar-refractivity contribution is 1.09. The maximum absolute atomic E-state index is 4.34.